The van der Waals surface area contributed by atoms with Crippen LogP contribution in [-0.4, -0.2) is 61.9 Å². The first-order valence-corrected chi connectivity index (χ1v) is 8.39. The Morgan fingerprint density at radius 2 is 2.15 bits per heavy atom. The fraction of sp³-hybridized carbons (Fsp3) is 0.750. The van der Waals surface area contributed by atoms with Crippen molar-refractivity contribution < 1.29 is 13.2 Å². The van der Waals surface area contributed by atoms with Crippen LogP contribution in [0.2, 0.25) is 0 Å². The molecule has 114 valence electrons. The highest BCUT2D eigenvalue weighted by atomic mass is 32.2. The molecular formula is C12H22N4O3S. The summed E-state index contributed by atoms with van der Waals surface area (Å²) in [6, 6.07) is 0. The predicted molar refractivity (Wildman–Crippen MR) is 75.0 cm³/mol. The summed E-state index contributed by atoms with van der Waals surface area (Å²) in [4.78, 5) is 0.267. The molecule has 0 saturated carbocycles. The number of hydrogen-bond acceptors (Lipinski definition) is 5. The minimum atomic E-state index is -3.42. The lowest BCUT2D eigenvalue weighted by Gasteiger charge is -2.25. The van der Waals surface area contributed by atoms with Gasteiger partial charge in [-0.2, -0.15) is 9.40 Å². The maximum atomic E-state index is 12.4. The van der Waals surface area contributed by atoms with Gasteiger partial charge in [-0.25, -0.2) is 8.42 Å². The Morgan fingerprint density at radius 3 is 2.85 bits per heavy atom. The van der Waals surface area contributed by atoms with Crippen molar-refractivity contribution in [3.05, 3.63) is 12.4 Å². The minimum Gasteiger partial charge on any atom is -0.379 e. The summed E-state index contributed by atoms with van der Waals surface area (Å²) in [7, 11) is -3.42. The monoisotopic (exact) mass is 302 g/mol. The molecule has 1 aliphatic heterocycles. The highest BCUT2D eigenvalue weighted by Crippen LogP contribution is 2.16. The molecular weight excluding hydrogens is 280 g/mol. The van der Waals surface area contributed by atoms with Gasteiger partial charge in [0.25, 0.3) is 0 Å². The largest absolute Gasteiger partial charge is 0.379 e. The van der Waals surface area contributed by atoms with E-state index in [2.05, 4.69) is 17.3 Å². The number of hydrogen-bond donors (Lipinski definition) is 1. The second kappa shape index (κ2) is 7.16. The van der Waals surface area contributed by atoms with Gasteiger partial charge >= 0.3 is 0 Å². The molecule has 0 unspecified atom stereocenters. The van der Waals surface area contributed by atoms with Crippen molar-refractivity contribution in [3.8, 4) is 0 Å². The molecule has 1 fully saturated rings. The Labute approximate surface area is 120 Å². The average molecular weight is 302 g/mol. The zero-order valence-electron chi connectivity index (χ0n) is 11.8. The third kappa shape index (κ3) is 3.78. The molecule has 0 aromatic carbocycles. The fourth-order valence-corrected chi connectivity index (χ4v) is 3.44. The van der Waals surface area contributed by atoms with Gasteiger partial charge in [-0.3, -0.25) is 4.68 Å². The van der Waals surface area contributed by atoms with Crippen molar-refractivity contribution in [2.45, 2.75) is 24.8 Å². The summed E-state index contributed by atoms with van der Waals surface area (Å²) in [6.07, 6.45) is 3.96. The molecule has 0 radical (unpaired) electrons. The van der Waals surface area contributed by atoms with E-state index in [0.717, 1.165) is 19.5 Å². The van der Waals surface area contributed by atoms with E-state index in [4.69, 9.17) is 4.74 Å². The Bertz CT molecular complexity index is 509. The third-order valence-corrected chi connectivity index (χ3v) is 5.06. The molecule has 1 aromatic rings. The topological polar surface area (TPSA) is 76.5 Å². The molecule has 8 heteroatoms. The molecule has 1 aliphatic rings. The second-order valence-electron chi connectivity index (χ2n) is 4.66. The van der Waals surface area contributed by atoms with Crippen LogP contribution in [0, 0.1) is 0 Å². The first-order chi connectivity index (χ1) is 9.64. The summed E-state index contributed by atoms with van der Waals surface area (Å²) in [5.41, 5.74) is 0. The quantitative estimate of drug-likeness (QED) is 0.712. The van der Waals surface area contributed by atoms with Crippen molar-refractivity contribution in [1.29, 1.82) is 0 Å². The van der Waals surface area contributed by atoms with E-state index in [0.29, 0.717) is 32.8 Å². The molecule has 0 bridgehead atoms. The highest BCUT2D eigenvalue weighted by Gasteiger charge is 2.27. The van der Waals surface area contributed by atoms with E-state index < -0.39 is 10.0 Å². The summed E-state index contributed by atoms with van der Waals surface area (Å²) in [6.45, 7) is 6.35. The Morgan fingerprint density at radius 1 is 1.40 bits per heavy atom. The lowest BCUT2D eigenvalue weighted by molar-refractivity contribution is 0.0730. The Balaban J connectivity index is 1.96. The first-order valence-electron chi connectivity index (χ1n) is 6.95. The van der Waals surface area contributed by atoms with Gasteiger partial charge in [-0.1, -0.05) is 6.92 Å². The van der Waals surface area contributed by atoms with Crippen LogP contribution in [0.5, 0.6) is 0 Å². The van der Waals surface area contributed by atoms with E-state index in [9.17, 15) is 8.42 Å². The maximum absolute atomic E-state index is 12.4. The summed E-state index contributed by atoms with van der Waals surface area (Å²) >= 11 is 0. The van der Waals surface area contributed by atoms with E-state index >= 15 is 0 Å². The second-order valence-corrected chi connectivity index (χ2v) is 6.60. The number of aryl methyl sites for hydroxylation is 1. The van der Waals surface area contributed by atoms with Gasteiger partial charge in [0.2, 0.25) is 10.0 Å². The SMILES string of the molecule is CCNCCCn1cc(S(=O)(=O)N2CCOCC2)cn1. The Kier molecular flexibility index (Phi) is 5.53. The van der Waals surface area contributed by atoms with Gasteiger partial charge in [-0.05, 0) is 19.5 Å². The number of rotatable bonds is 7. The number of ether oxygens (including phenoxy) is 1. The number of aromatic nitrogens is 2. The van der Waals surface area contributed by atoms with Crippen LogP contribution < -0.4 is 5.32 Å². The highest BCUT2D eigenvalue weighted by molar-refractivity contribution is 7.89. The molecule has 2 heterocycles. The number of morpholine rings is 1. The molecule has 1 saturated heterocycles. The molecule has 0 aliphatic carbocycles. The average Bonchev–Trinajstić information content (AvgIpc) is 2.94. The van der Waals surface area contributed by atoms with Crippen LogP contribution in [0.3, 0.4) is 0 Å². The predicted octanol–water partition coefficient (Wildman–Crippen LogP) is -0.0964. The van der Waals surface area contributed by atoms with E-state index in [1.807, 2.05) is 0 Å². The summed E-state index contributed by atoms with van der Waals surface area (Å²) < 4.78 is 33.1. The molecule has 7 nitrogen and oxygen atoms in total. The van der Waals surface area contributed by atoms with Crippen molar-refractivity contribution in [3.63, 3.8) is 0 Å². The standard InChI is InChI=1S/C12H22N4O3S/c1-2-13-4-3-5-15-11-12(10-14-15)20(17,18)16-6-8-19-9-7-16/h10-11,13H,2-9H2,1H3. The van der Waals surface area contributed by atoms with E-state index in [1.165, 1.54) is 10.5 Å². The maximum Gasteiger partial charge on any atom is 0.246 e. The van der Waals surface area contributed by atoms with Gasteiger partial charge in [-0.15, -0.1) is 0 Å². The zero-order chi connectivity index (χ0) is 14.4. The lowest BCUT2D eigenvalue weighted by atomic mass is 10.4. The van der Waals surface area contributed by atoms with Gasteiger partial charge in [0.05, 0.1) is 19.4 Å². The summed E-state index contributed by atoms with van der Waals surface area (Å²) in [5.74, 6) is 0. The molecule has 2 rings (SSSR count). The van der Waals surface area contributed by atoms with Gasteiger partial charge in [0.1, 0.15) is 4.90 Å². The van der Waals surface area contributed by atoms with Crippen LogP contribution in [-0.2, 0) is 21.3 Å². The molecule has 20 heavy (non-hydrogen) atoms. The van der Waals surface area contributed by atoms with Crippen molar-refractivity contribution in [1.82, 2.24) is 19.4 Å². The minimum absolute atomic E-state index is 0.267. The van der Waals surface area contributed by atoms with Gasteiger partial charge in [0.15, 0.2) is 0 Å². The number of sulfonamides is 1. The van der Waals surface area contributed by atoms with Gasteiger partial charge in [0, 0.05) is 25.8 Å². The number of nitrogens with one attached hydrogen (secondary N) is 1. The smallest absolute Gasteiger partial charge is 0.246 e. The van der Waals surface area contributed by atoms with E-state index in [-0.39, 0.29) is 4.90 Å². The fourth-order valence-electron chi connectivity index (χ4n) is 2.08. The number of nitrogens with zero attached hydrogens (tertiary/aromatic N) is 3. The normalized spacial score (nSPS) is 17.4. The van der Waals surface area contributed by atoms with Crippen molar-refractivity contribution in [2.75, 3.05) is 39.4 Å². The van der Waals surface area contributed by atoms with E-state index in [1.54, 1.807) is 10.9 Å². The van der Waals surface area contributed by atoms with Crippen LogP contribution in [0.4, 0.5) is 0 Å². The third-order valence-electron chi connectivity index (χ3n) is 3.21. The lowest BCUT2D eigenvalue weighted by Crippen LogP contribution is -2.40. The molecule has 1 aromatic heterocycles. The molecule has 1 N–H and O–H groups in total. The summed E-state index contributed by atoms with van der Waals surface area (Å²) in [5, 5.41) is 7.35. The zero-order valence-corrected chi connectivity index (χ0v) is 12.6. The van der Waals surface area contributed by atoms with Gasteiger partial charge < -0.3 is 10.1 Å². The van der Waals surface area contributed by atoms with Crippen LogP contribution in [0.1, 0.15) is 13.3 Å². The van der Waals surface area contributed by atoms with Crippen molar-refractivity contribution >= 4 is 10.0 Å². The van der Waals surface area contributed by atoms with Crippen LogP contribution in [0.15, 0.2) is 17.3 Å². The molecule has 0 atom stereocenters. The van der Waals surface area contributed by atoms with Crippen LogP contribution >= 0.6 is 0 Å². The Hall–Kier alpha value is -0.960. The van der Waals surface area contributed by atoms with Crippen LogP contribution in [0.25, 0.3) is 0 Å². The molecule has 0 amide bonds. The molecule has 0 spiro atoms. The first kappa shape index (κ1) is 15.4. The van der Waals surface area contributed by atoms with Crippen molar-refractivity contribution in [2.24, 2.45) is 0 Å².